The Morgan fingerprint density at radius 2 is 1.09 bits per heavy atom. The summed E-state index contributed by atoms with van der Waals surface area (Å²) in [5, 5.41) is 0. The summed E-state index contributed by atoms with van der Waals surface area (Å²) in [6, 6.07) is 0. The Bertz CT molecular complexity index is 1180. The molecule has 3 saturated heterocycles. The molecular formula is C24H38N6O12S2. The van der Waals surface area contributed by atoms with Crippen LogP contribution in [0.25, 0.3) is 0 Å². The highest BCUT2D eigenvalue weighted by atomic mass is 32.2. The third kappa shape index (κ3) is 6.21. The van der Waals surface area contributed by atoms with Crippen molar-refractivity contribution in [2.75, 3.05) is 54.6 Å². The fourth-order valence-electron chi connectivity index (χ4n) is 4.80. The summed E-state index contributed by atoms with van der Waals surface area (Å²) >= 11 is 1.28. The maximum Gasteiger partial charge on any atom is 0.440 e. The molecule has 3 fully saturated rings. The molecule has 0 radical (unpaired) electrons. The van der Waals surface area contributed by atoms with E-state index in [0.717, 1.165) is 17.2 Å². The molecule has 20 heteroatoms. The number of hydroxylamine groups is 2. The van der Waals surface area contributed by atoms with E-state index in [1.54, 1.807) is 27.7 Å². The first kappa shape index (κ1) is 34.2. The van der Waals surface area contributed by atoms with Crippen LogP contribution in [0.3, 0.4) is 0 Å². The molecule has 0 aromatic carbocycles. The number of carbonyl (C=O) groups excluding carboxylic acids is 4. The zero-order valence-corrected chi connectivity index (χ0v) is 27.3. The van der Waals surface area contributed by atoms with Crippen molar-refractivity contribution in [3.05, 3.63) is 12.2 Å². The van der Waals surface area contributed by atoms with Gasteiger partial charge in [0.05, 0.1) is 50.7 Å². The first-order valence-electron chi connectivity index (χ1n) is 13.5. The molecule has 0 saturated carbocycles. The molecule has 2 N–H and O–H groups in total. The van der Waals surface area contributed by atoms with Crippen LogP contribution in [0.1, 0.15) is 34.1 Å². The molecule has 0 bridgehead atoms. The third-order valence-corrected chi connectivity index (χ3v) is 8.97. The van der Waals surface area contributed by atoms with Gasteiger partial charge >= 0.3 is 30.2 Å². The number of hydrogen-bond acceptors (Lipinski definition) is 16. The van der Waals surface area contributed by atoms with Gasteiger partial charge < -0.3 is 38.1 Å². The van der Waals surface area contributed by atoms with Crippen molar-refractivity contribution in [1.82, 2.24) is 28.2 Å². The summed E-state index contributed by atoms with van der Waals surface area (Å²) < 4.78 is 40.3. The highest BCUT2D eigenvalue weighted by molar-refractivity contribution is 7.95. The molecule has 4 aliphatic rings. The number of amides is 4. The Hall–Kier alpha value is -2.72. The summed E-state index contributed by atoms with van der Waals surface area (Å²) in [7, 11) is 5.39. The minimum atomic E-state index is -2.54. The minimum absolute atomic E-state index is 0.0930. The van der Waals surface area contributed by atoms with Gasteiger partial charge in [0.2, 0.25) is 0 Å². The number of nitrogens with one attached hydrogen (secondary N) is 2. The van der Waals surface area contributed by atoms with Crippen molar-refractivity contribution < 1.29 is 57.3 Å². The van der Waals surface area contributed by atoms with Crippen LogP contribution in [0.4, 0.5) is 19.2 Å². The van der Waals surface area contributed by atoms with Crippen LogP contribution in [0.5, 0.6) is 0 Å². The van der Waals surface area contributed by atoms with Crippen LogP contribution in [0.15, 0.2) is 12.2 Å². The monoisotopic (exact) mass is 666 g/mol. The van der Waals surface area contributed by atoms with Crippen molar-refractivity contribution in [3.8, 4) is 0 Å². The molecule has 18 nitrogen and oxygen atoms in total. The molecule has 0 aromatic heterocycles. The number of ether oxygens (including phenoxy) is 6. The van der Waals surface area contributed by atoms with Crippen LogP contribution in [0, 0.1) is 0 Å². The van der Waals surface area contributed by atoms with Crippen LogP contribution in [-0.2, 0) is 38.1 Å². The third-order valence-electron chi connectivity index (χ3n) is 7.39. The standard InChI is InChI=1S/C24H38N6O12S2/c1-20(2)22(37-14-12-35-20)10-9-11-23(39-16(31)27(5)43-29(7)18(33)41-25-22)24(21(3,4)36-13-15-38-24)26-42-19(34)30(8)44-28(6)17(32)40-23/h9,11,25-26H,10,12-15H2,1-8H3/b11-9-. The quantitative estimate of drug-likeness (QED) is 0.218. The Morgan fingerprint density at radius 3 is 1.61 bits per heavy atom. The molecular weight excluding hydrogens is 628 g/mol. The van der Waals surface area contributed by atoms with E-state index in [1.165, 1.54) is 40.3 Å². The molecule has 248 valence electrons. The Labute approximate surface area is 263 Å². The second kappa shape index (κ2) is 12.6. The maximum atomic E-state index is 13.7. The van der Waals surface area contributed by atoms with Crippen molar-refractivity contribution in [3.63, 3.8) is 0 Å². The van der Waals surface area contributed by atoms with Crippen LogP contribution in [0.2, 0.25) is 0 Å². The van der Waals surface area contributed by atoms with Crippen LogP contribution in [-0.4, -0.2) is 125 Å². The van der Waals surface area contributed by atoms with Gasteiger partial charge in [0, 0.05) is 40.7 Å². The van der Waals surface area contributed by atoms with Gasteiger partial charge in [-0.05, 0) is 27.7 Å². The first-order chi connectivity index (χ1) is 20.5. The lowest BCUT2D eigenvalue weighted by atomic mass is 9.83. The SMILES string of the molecule is CN1SN(C)C(=O)OC2(/C=C\CC3(NOC1=O)OCCOC3(C)C)OC(=O)N(C)SN(C)C(=O)ONC21OCCOC1(C)C. The van der Waals surface area contributed by atoms with E-state index < -0.39 is 52.8 Å². The average molecular weight is 667 g/mol. The van der Waals surface area contributed by atoms with E-state index in [2.05, 4.69) is 11.0 Å². The molecule has 3 spiro atoms. The highest BCUT2D eigenvalue weighted by Crippen LogP contribution is 2.46. The zero-order valence-electron chi connectivity index (χ0n) is 25.7. The second-order valence-corrected chi connectivity index (χ2v) is 13.5. The molecule has 4 aliphatic heterocycles. The summed E-state index contributed by atoms with van der Waals surface area (Å²) in [5.41, 5.74) is -0.989. The van der Waals surface area contributed by atoms with Gasteiger partial charge in [0.25, 0.3) is 5.72 Å². The van der Waals surface area contributed by atoms with E-state index in [4.69, 9.17) is 38.1 Å². The fourth-order valence-corrected chi connectivity index (χ4v) is 5.95. The fraction of sp³-hybridized carbons (Fsp3) is 0.750. The van der Waals surface area contributed by atoms with E-state index in [0.29, 0.717) is 24.3 Å². The molecule has 3 atom stereocenters. The van der Waals surface area contributed by atoms with Gasteiger partial charge in [0.15, 0.2) is 5.72 Å². The van der Waals surface area contributed by atoms with Gasteiger partial charge in [-0.1, -0.05) is 6.08 Å². The van der Waals surface area contributed by atoms with Gasteiger partial charge in [-0.3, -0.25) is 0 Å². The molecule has 0 aromatic rings. The molecule has 4 amide bonds. The Balaban J connectivity index is 1.94. The molecule has 3 unspecified atom stereocenters. The summed E-state index contributed by atoms with van der Waals surface area (Å²) in [5.74, 6) is -2.54. The molecule has 4 heterocycles. The van der Waals surface area contributed by atoms with Crippen LogP contribution < -0.4 is 11.0 Å². The number of carbonyl (C=O) groups is 4. The number of fused-ring (bicyclic) bond motifs is 1. The molecule has 44 heavy (non-hydrogen) atoms. The van der Waals surface area contributed by atoms with Gasteiger partial charge in [-0.25, -0.2) is 36.4 Å². The van der Waals surface area contributed by atoms with E-state index in [-0.39, 0.29) is 32.8 Å². The minimum Gasteiger partial charge on any atom is -0.397 e. The van der Waals surface area contributed by atoms with Crippen molar-refractivity contribution in [2.45, 2.75) is 62.6 Å². The normalized spacial score (nSPS) is 34.7. The predicted octanol–water partition coefficient (Wildman–Crippen LogP) is 2.11. The second-order valence-electron chi connectivity index (χ2n) is 11.0. The van der Waals surface area contributed by atoms with E-state index >= 15 is 0 Å². The number of hydrogen-bond donors (Lipinski definition) is 2. The average Bonchev–Trinajstić information content (AvgIpc) is 2.95. The number of nitrogens with zero attached hydrogens (tertiary/aromatic N) is 4. The predicted molar refractivity (Wildman–Crippen MR) is 152 cm³/mol. The lowest BCUT2D eigenvalue weighted by Crippen LogP contribution is -2.79. The highest BCUT2D eigenvalue weighted by Gasteiger charge is 2.70. The van der Waals surface area contributed by atoms with Crippen molar-refractivity contribution in [1.29, 1.82) is 0 Å². The molecule has 4 rings (SSSR count). The lowest BCUT2D eigenvalue weighted by molar-refractivity contribution is -0.378. The summed E-state index contributed by atoms with van der Waals surface area (Å²) in [6.07, 6.45) is -1.28. The van der Waals surface area contributed by atoms with Crippen molar-refractivity contribution >= 4 is 48.6 Å². The van der Waals surface area contributed by atoms with E-state index in [9.17, 15) is 19.2 Å². The van der Waals surface area contributed by atoms with Crippen molar-refractivity contribution in [2.24, 2.45) is 0 Å². The lowest BCUT2D eigenvalue weighted by Gasteiger charge is -2.55. The van der Waals surface area contributed by atoms with Gasteiger partial charge in [-0.2, -0.15) is 0 Å². The first-order valence-corrected chi connectivity index (χ1v) is 14.9. The Morgan fingerprint density at radius 1 is 0.636 bits per heavy atom. The number of rotatable bonds is 0. The maximum absolute atomic E-state index is 13.7. The van der Waals surface area contributed by atoms with E-state index in [1.807, 2.05) is 0 Å². The summed E-state index contributed by atoms with van der Waals surface area (Å²) in [6.45, 7) is 7.03. The van der Waals surface area contributed by atoms with Gasteiger partial charge in [-0.15, -0.1) is 11.0 Å². The smallest absolute Gasteiger partial charge is 0.397 e. The summed E-state index contributed by atoms with van der Waals surface area (Å²) in [4.78, 5) is 63.9. The van der Waals surface area contributed by atoms with Crippen LogP contribution >= 0.6 is 24.3 Å². The molecule has 0 aliphatic carbocycles. The largest absolute Gasteiger partial charge is 0.440 e. The topological polar surface area (TPSA) is 179 Å². The Kier molecular flexibility index (Phi) is 9.77. The van der Waals surface area contributed by atoms with Gasteiger partial charge in [0.1, 0.15) is 11.2 Å². The zero-order chi connectivity index (χ0) is 32.6.